The number of thioether (sulfide) groups is 1. The van der Waals surface area contributed by atoms with Crippen molar-refractivity contribution in [1.29, 1.82) is 0 Å². The third-order valence-electron chi connectivity index (χ3n) is 3.32. The quantitative estimate of drug-likeness (QED) is 0.577. The molecule has 1 N–H and O–H groups in total. The van der Waals surface area contributed by atoms with Crippen LogP contribution < -0.4 is 5.32 Å². The highest BCUT2D eigenvalue weighted by Gasteiger charge is 2.10. The molecule has 1 aromatic rings. The Kier molecular flexibility index (Phi) is 6.05. The summed E-state index contributed by atoms with van der Waals surface area (Å²) in [6, 6.07) is 6.98. The number of aryl methyl sites for hydroxylation is 2. The molecule has 0 bridgehead atoms. The van der Waals surface area contributed by atoms with Crippen LogP contribution in [0.4, 0.5) is 0 Å². The Bertz CT molecular complexity index is 368. The van der Waals surface area contributed by atoms with Crippen molar-refractivity contribution in [2.75, 3.05) is 32.6 Å². The topological polar surface area (TPSA) is 21.3 Å². The van der Waals surface area contributed by atoms with Crippen molar-refractivity contribution in [2.45, 2.75) is 30.6 Å². The molecule has 100 valence electrons. The van der Waals surface area contributed by atoms with Gasteiger partial charge in [0.05, 0.1) is 0 Å². The Morgan fingerprint density at radius 3 is 3.00 bits per heavy atom. The Hall–Kier alpha value is -0.510. The van der Waals surface area contributed by atoms with Crippen LogP contribution in [0.25, 0.3) is 0 Å². The maximum Gasteiger partial charge on any atom is 0.0474 e. The smallest absolute Gasteiger partial charge is 0.0474 e. The predicted molar refractivity (Wildman–Crippen MR) is 78.6 cm³/mol. The van der Waals surface area contributed by atoms with E-state index in [9.17, 15) is 0 Å². The summed E-state index contributed by atoms with van der Waals surface area (Å²) < 4.78 is 5.02. The average Bonchev–Trinajstić information content (AvgIpc) is 2.85. The first kappa shape index (κ1) is 13.9. The lowest BCUT2D eigenvalue weighted by atomic mass is 10.1. The third-order valence-corrected chi connectivity index (χ3v) is 4.32. The Morgan fingerprint density at radius 1 is 1.22 bits per heavy atom. The predicted octanol–water partition coefficient (Wildman–Crippen LogP) is 2.89. The van der Waals surface area contributed by atoms with E-state index in [2.05, 4.69) is 23.5 Å². The first-order chi connectivity index (χ1) is 8.90. The lowest BCUT2D eigenvalue weighted by Crippen LogP contribution is -2.19. The highest BCUT2D eigenvalue weighted by atomic mass is 32.2. The van der Waals surface area contributed by atoms with Gasteiger partial charge in [-0.25, -0.2) is 0 Å². The summed E-state index contributed by atoms with van der Waals surface area (Å²) in [5, 5.41) is 3.44. The fourth-order valence-corrected chi connectivity index (χ4v) is 3.22. The number of hydrogen-bond acceptors (Lipinski definition) is 3. The van der Waals surface area contributed by atoms with Crippen molar-refractivity contribution in [3.05, 3.63) is 29.3 Å². The molecule has 0 atom stereocenters. The number of methoxy groups -OCH3 is 1. The summed E-state index contributed by atoms with van der Waals surface area (Å²) in [5.74, 6) is 1.14. The first-order valence-corrected chi connectivity index (χ1v) is 7.83. The van der Waals surface area contributed by atoms with E-state index < -0.39 is 0 Å². The maximum atomic E-state index is 5.02. The van der Waals surface area contributed by atoms with E-state index in [0.717, 1.165) is 31.9 Å². The van der Waals surface area contributed by atoms with Gasteiger partial charge in [-0.3, -0.25) is 0 Å². The molecule has 1 aliphatic rings. The zero-order chi connectivity index (χ0) is 12.6. The second-order valence-corrected chi connectivity index (χ2v) is 5.90. The lowest BCUT2D eigenvalue weighted by Gasteiger charge is -2.06. The number of benzene rings is 1. The Balaban J connectivity index is 1.62. The zero-order valence-corrected chi connectivity index (χ0v) is 12.0. The molecular weight excluding hydrogens is 242 g/mol. The summed E-state index contributed by atoms with van der Waals surface area (Å²) in [5.41, 5.74) is 3.14. The SMILES string of the molecule is COCCCNCCSc1ccc2c(c1)CCC2. The van der Waals surface area contributed by atoms with Crippen LogP contribution in [0.1, 0.15) is 24.0 Å². The van der Waals surface area contributed by atoms with Crippen molar-refractivity contribution in [1.82, 2.24) is 5.32 Å². The van der Waals surface area contributed by atoms with Crippen molar-refractivity contribution in [3.63, 3.8) is 0 Å². The lowest BCUT2D eigenvalue weighted by molar-refractivity contribution is 0.194. The molecule has 18 heavy (non-hydrogen) atoms. The van der Waals surface area contributed by atoms with Gasteiger partial charge in [0, 0.05) is 30.9 Å². The van der Waals surface area contributed by atoms with Crippen molar-refractivity contribution >= 4 is 11.8 Å². The van der Waals surface area contributed by atoms with E-state index in [4.69, 9.17) is 4.74 Å². The van der Waals surface area contributed by atoms with Crippen LogP contribution >= 0.6 is 11.8 Å². The first-order valence-electron chi connectivity index (χ1n) is 6.84. The maximum absolute atomic E-state index is 5.02. The van der Waals surface area contributed by atoms with Gasteiger partial charge in [-0.1, -0.05) is 6.07 Å². The molecule has 0 heterocycles. The molecule has 1 aliphatic carbocycles. The minimum absolute atomic E-state index is 0.852. The molecule has 1 aromatic carbocycles. The van der Waals surface area contributed by atoms with Gasteiger partial charge < -0.3 is 10.1 Å². The van der Waals surface area contributed by atoms with Crippen molar-refractivity contribution in [2.24, 2.45) is 0 Å². The molecule has 0 unspecified atom stereocenters. The number of nitrogens with one attached hydrogen (secondary N) is 1. The summed E-state index contributed by atoms with van der Waals surface area (Å²) in [4.78, 5) is 1.43. The summed E-state index contributed by atoms with van der Waals surface area (Å²) >= 11 is 1.96. The van der Waals surface area contributed by atoms with Gasteiger partial charge in [-0.15, -0.1) is 11.8 Å². The summed E-state index contributed by atoms with van der Waals surface area (Å²) in [7, 11) is 1.75. The molecule has 0 aliphatic heterocycles. The van der Waals surface area contributed by atoms with Crippen LogP contribution in [-0.2, 0) is 17.6 Å². The van der Waals surface area contributed by atoms with E-state index in [0.29, 0.717) is 0 Å². The zero-order valence-electron chi connectivity index (χ0n) is 11.2. The van der Waals surface area contributed by atoms with E-state index in [1.165, 1.54) is 24.2 Å². The third kappa shape index (κ3) is 4.30. The molecule has 2 nitrogen and oxygen atoms in total. The number of rotatable bonds is 8. The monoisotopic (exact) mass is 265 g/mol. The van der Waals surface area contributed by atoms with Gasteiger partial charge in [0.25, 0.3) is 0 Å². The molecule has 3 heteroatoms. The van der Waals surface area contributed by atoms with Crippen LogP contribution in [0.5, 0.6) is 0 Å². The van der Waals surface area contributed by atoms with Crippen LogP contribution in [-0.4, -0.2) is 32.6 Å². The minimum atomic E-state index is 0.852. The molecule has 0 fully saturated rings. The van der Waals surface area contributed by atoms with E-state index >= 15 is 0 Å². The van der Waals surface area contributed by atoms with Crippen LogP contribution in [0, 0.1) is 0 Å². The van der Waals surface area contributed by atoms with Gasteiger partial charge >= 0.3 is 0 Å². The molecular formula is C15H23NOS. The number of ether oxygens (including phenoxy) is 1. The van der Waals surface area contributed by atoms with Crippen LogP contribution in [0.15, 0.2) is 23.1 Å². The Morgan fingerprint density at radius 2 is 2.11 bits per heavy atom. The fraction of sp³-hybridized carbons (Fsp3) is 0.600. The second-order valence-electron chi connectivity index (χ2n) is 4.73. The second kappa shape index (κ2) is 7.82. The highest BCUT2D eigenvalue weighted by molar-refractivity contribution is 7.99. The number of hydrogen-bond donors (Lipinski definition) is 1. The van der Waals surface area contributed by atoms with Gasteiger partial charge in [0.2, 0.25) is 0 Å². The number of fused-ring (bicyclic) bond motifs is 1. The molecule has 0 aromatic heterocycles. The summed E-state index contributed by atoms with van der Waals surface area (Å²) in [6.07, 6.45) is 4.99. The van der Waals surface area contributed by atoms with Crippen LogP contribution in [0.3, 0.4) is 0 Å². The molecule has 0 radical (unpaired) electrons. The molecule has 2 rings (SSSR count). The van der Waals surface area contributed by atoms with E-state index in [1.54, 1.807) is 18.2 Å². The van der Waals surface area contributed by atoms with Gasteiger partial charge in [0.15, 0.2) is 0 Å². The van der Waals surface area contributed by atoms with Gasteiger partial charge in [0.1, 0.15) is 0 Å². The molecule has 0 saturated heterocycles. The molecule has 0 spiro atoms. The van der Waals surface area contributed by atoms with Crippen molar-refractivity contribution < 1.29 is 4.74 Å². The van der Waals surface area contributed by atoms with Gasteiger partial charge in [-0.05, 0) is 55.5 Å². The largest absolute Gasteiger partial charge is 0.385 e. The standard InChI is InChI=1S/C15H23NOS/c1-17-10-3-8-16-9-11-18-15-7-6-13-4-2-5-14(13)12-15/h6-7,12,16H,2-5,8-11H2,1H3. The highest BCUT2D eigenvalue weighted by Crippen LogP contribution is 2.27. The van der Waals surface area contributed by atoms with E-state index in [1.807, 2.05) is 11.8 Å². The van der Waals surface area contributed by atoms with E-state index in [-0.39, 0.29) is 0 Å². The van der Waals surface area contributed by atoms with Crippen LogP contribution in [0.2, 0.25) is 0 Å². The molecule has 0 amide bonds. The summed E-state index contributed by atoms with van der Waals surface area (Å²) in [6.45, 7) is 2.98. The fourth-order valence-electron chi connectivity index (χ4n) is 2.35. The van der Waals surface area contributed by atoms with Gasteiger partial charge in [-0.2, -0.15) is 0 Å². The van der Waals surface area contributed by atoms with Crippen molar-refractivity contribution in [3.8, 4) is 0 Å². The average molecular weight is 265 g/mol. The molecule has 0 saturated carbocycles. The normalized spacial score (nSPS) is 13.8. The Labute approximate surface area is 114 Å². The minimum Gasteiger partial charge on any atom is -0.385 e.